The van der Waals surface area contributed by atoms with Crippen LogP contribution in [0.1, 0.15) is 40.3 Å². The van der Waals surface area contributed by atoms with Crippen LogP contribution in [0.25, 0.3) is 0 Å². The van der Waals surface area contributed by atoms with E-state index in [1.54, 1.807) is 21.8 Å². The first-order chi connectivity index (χ1) is 12.9. The Kier molecular flexibility index (Phi) is 5.85. The number of nitrogens with zero attached hydrogens (tertiary/aromatic N) is 4. The fourth-order valence-electron chi connectivity index (χ4n) is 3.18. The number of carbonyl (C=O) groups is 2. The Morgan fingerprint density at radius 3 is 2.70 bits per heavy atom. The van der Waals surface area contributed by atoms with Gasteiger partial charge in [-0.3, -0.25) is 9.59 Å². The van der Waals surface area contributed by atoms with E-state index in [-0.39, 0.29) is 24.0 Å². The second-order valence-electron chi connectivity index (χ2n) is 6.96. The van der Waals surface area contributed by atoms with Gasteiger partial charge in [0.1, 0.15) is 0 Å². The van der Waals surface area contributed by atoms with Crippen LogP contribution in [0.4, 0.5) is 0 Å². The molecule has 2 atom stereocenters. The molecule has 1 aliphatic heterocycles. The average Bonchev–Trinajstić information content (AvgIpc) is 3.09. The number of nitrogens with one attached hydrogen (secondary N) is 1. The summed E-state index contributed by atoms with van der Waals surface area (Å²) in [6, 6.07) is 7.42. The lowest BCUT2D eigenvalue weighted by atomic mass is 10.1. The molecule has 1 fully saturated rings. The molecule has 0 spiro atoms. The van der Waals surface area contributed by atoms with E-state index in [0.717, 1.165) is 5.56 Å². The van der Waals surface area contributed by atoms with Crippen LogP contribution in [-0.4, -0.2) is 63.6 Å². The van der Waals surface area contributed by atoms with Crippen molar-refractivity contribution >= 4 is 11.8 Å². The Labute approximate surface area is 158 Å². The first-order valence-electron chi connectivity index (χ1n) is 9.12. The minimum atomic E-state index is -0.146. The van der Waals surface area contributed by atoms with Gasteiger partial charge in [-0.25, -0.2) is 4.68 Å². The largest absolute Gasteiger partial charge is 0.372 e. The highest BCUT2D eigenvalue weighted by Gasteiger charge is 2.28. The smallest absolute Gasteiger partial charge is 0.276 e. The lowest BCUT2D eigenvalue weighted by Gasteiger charge is -2.34. The average molecular weight is 371 g/mol. The number of carbonyl (C=O) groups excluding carboxylic acids is 2. The molecular formula is C19H25N5O3. The number of hydrogen-bond donors (Lipinski definition) is 1. The van der Waals surface area contributed by atoms with Crippen molar-refractivity contribution in [2.75, 3.05) is 19.6 Å². The zero-order valence-electron chi connectivity index (χ0n) is 15.9. The highest BCUT2D eigenvalue weighted by molar-refractivity contribution is 5.94. The van der Waals surface area contributed by atoms with Gasteiger partial charge in [0.15, 0.2) is 5.69 Å². The third kappa shape index (κ3) is 4.91. The van der Waals surface area contributed by atoms with Crippen molar-refractivity contribution in [2.45, 2.75) is 39.5 Å². The van der Waals surface area contributed by atoms with E-state index >= 15 is 0 Å². The number of aromatic nitrogens is 3. The fourth-order valence-corrected chi connectivity index (χ4v) is 3.18. The molecule has 0 bridgehead atoms. The fraction of sp³-hybridized carbons (Fsp3) is 0.474. The lowest BCUT2D eigenvalue weighted by molar-refractivity contribution is -0.0587. The number of aryl methyl sites for hydroxylation is 1. The third-order valence-corrected chi connectivity index (χ3v) is 4.37. The van der Waals surface area contributed by atoms with Crippen LogP contribution in [-0.2, 0) is 11.3 Å². The molecule has 3 rings (SSSR count). The first kappa shape index (κ1) is 19.0. The molecule has 0 unspecified atom stereocenters. The molecule has 2 heterocycles. The van der Waals surface area contributed by atoms with Gasteiger partial charge < -0.3 is 15.0 Å². The van der Waals surface area contributed by atoms with E-state index in [9.17, 15) is 9.59 Å². The van der Waals surface area contributed by atoms with Crippen LogP contribution >= 0.6 is 0 Å². The minimum Gasteiger partial charge on any atom is -0.372 e. The number of benzene rings is 1. The number of morpholine rings is 1. The van der Waals surface area contributed by atoms with Gasteiger partial charge in [-0.1, -0.05) is 22.9 Å². The molecule has 0 saturated carbocycles. The van der Waals surface area contributed by atoms with E-state index in [1.165, 1.54) is 0 Å². The van der Waals surface area contributed by atoms with Gasteiger partial charge in [-0.15, -0.1) is 5.10 Å². The second kappa shape index (κ2) is 8.30. The van der Waals surface area contributed by atoms with E-state index in [4.69, 9.17) is 4.74 Å². The number of hydrogen-bond acceptors (Lipinski definition) is 5. The van der Waals surface area contributed by atoms with E-state index in [2.05, 4.69) is 15.6 Å². The van der Waals surface area contributed by atoms with Crippen LogP contribution in [0.3, 0.4) is 0 Å². The molecule has 8 heteroatoms. The van der Waals surface area contributed by atoms with Gasteiger partial charge in [0.05, 0.1) is 24.9 Å². The van der Waals surface area contributed by atoms with Crippen molar-refractivity contribution in [3.8, 4) is 0 Å². The molecule has 2 aromatic rings. The van der Waals surface area contributed by atoms with Crippen molar-refractivity contribution in [2.24, 2.45) is 0 Å². The standard InChI is InChI=1S/C19H25N5O3/c1-13-5-4-6-16(9-13)18(25)20-7-8-24-12-17(21-22-24)19(26)23-10-14(2)27-15(3)11-23/h4-6,9,12,14-15H,7-8,10-11H2,1-3H3,(H,20,25)/t14-,15+. The SMILES string of the molecule is Cc1cccc(C(=O)NCCn2cc(C(=O)N3C[C@@H](C)O[C@@H](C)C3)nn2)c1. The van der Waals surface area contributed by atoms with Crippen molar-refractivity contribution in [3.05, 3.63) is 47.3 Å². The number of rotatable bonds is 5. The maximum atomic E-state index is 12.6. The molecule has 27 heavy (non-hydrogen) atoms. The quantitative estimate of drug-likeness (QED) is 0.855. The molecule has 1 aromatic carbocycles. The van der Waals surface area contributed by atoms with Gasteiger partial charge in [0, 0.05) is 25.2 Å². The summed E-state index contributed by atoms with van der Waals surface area (Å²) in [5.74, 6) is -0.279. The van der Waals surface area contributed by atoms with E-state index in [0.29, 0.717) is 37.4 Å². The molecule has 1 aliphatic rings. The Balaban J connectivity index is 1.52. The lowest BCUT2D eigenvalue weighted by Crippen LogP contribution is -2.48. The maximum Gasteiger partial charge on any atom is 0.276 e. The third-order valence-electron chi connectivity index (χ3n) is 4.37. The molecule has 2 amide bonds. The molecule has 1 aromatic heterocycles. The van der Waals surface area contributed by atoms with Gasteiger partial charge in [0.25, 0.3) is 11.8 Å². The topological polar surface area (TPSA) is 89.4 Å². The molecular weight excluding hydrogens is 346 g/mol. The van der Waals surface area contributed by atoms with Crippen LogP contribution < -0.4 is 5.32 Å². The predicted molar refractivity (Wildman–Crippen MR) is 99.4 cm³/mol. The zero-order chi connectivity index (χ0) is 19.4. The maximum absolute atomic E-state index is 12.6. The molecule has 1 saturated heterocycles. The summed E-state index contributed by atoms with van der Waals surface area (Å²) in [6.45, 7) is 7.77. The number of amides is 2. The van der Waals surface area contributed by atoms with Crippen molar-refractivity contribution in [1.82, 2.24) is 25.2 Å². The Bertz CT molecular complexity index is 809. The second-order valence-corrected chi connectivity index (χ2v) is 6.96. The highest BCUT2D eigenvalue weighted by Crippen LogP contribution is 2.13. The Morgan fingerprint density at radius 1 is 1.26 bits per heavy atom. The zero-order valence-corrected chi connectivity index (χ0v) is 15.9. The summed E-state index contributed by atoms with van der Waals surface area (Å²) < 4.78 is 7.22. The molecule has 8 nitrogen and oxygen atoms in total. The van der Waals surface area contributed by atoms with Crippen LogP contribution in [0, 0.1) is 6.92 Å². The Hall–Kier alpha value is -2.74. The van der Waals surface area contributed by atoms with Crippen molar-refractivity contribution in [3.63, 3.8) is 0 Å². The number of ether oxygens (including phenoxy) is 1. The summed E-state index contributed by atoms with van der Waals surface area (Å²) in [6.07, 6.45) is 1.63. The first-order valence-corrected chi connectivity index (χ1v) is 9.12. The summed E-state index contributed by atoms with van der Waals surface area (Å²) in [5.41, 5.74) is 1.97. The summed E-state index contributed by atoms with van der Waals surface area (Å²) in [5, 5.41) is 10.8. The molecule has 144 valence electrons. The summed E-state index contributed by atoms with van der Waals surface area (Å²) in [4.78, 5) is 26.5. The van der Waals surface area contributed by atoms with Gasteiger partial charge >= 0.3 is 0 Å². The van der Waals surface area contributed by atoms with Crippen LogP contribution in [0.15, 0.2) is 30.5 Å². The molecule has 0 aliphatic carbocycles. The van der Waals surface area contributed by atoms with E-state index in [1.807, 2.05) is 39.0 Å². The van der Waals surface area contributed by atoms with E-state index < -0.39 is 0 Å². The summed E-state index contributed by atoms with van der Waals surface area (Å²) in [7, 11) is 0. The minimum absolute atomic E-state index is 0.00424. The van der Waals surface area contributed by atoms with Crippen molar-refractivity contribution < 1.29 is 14.3 Å². The van der Waals surface area contributed by atoms with Gasteiger partial charge in [0.2, 0.25) is 0 Å². The molecule has 1 N–H and O–H groups in total. The monoisotopic (exact) mass is 371 g/mol. The van der Waals surface area contributed by atoms with Gasteiger partial charge in [-0.2, -0.15) is 0 Å². The normalized spacial score (nSPS) is 19.7. The highest BCUT2D eigenvalue weighted by atomic mass is 16.5. The predicted octanol–water partition coefficient (Wildman–Crippen LogP) is 1.27. The van der Waals surface area contributed by atoms with Crippen molar-refractivity contribution in [1.29, 1.82) is 0 Å². The molecule has 0 radical (unpaired) electrons. The van der Waals surface area contributed by atoms with Crippen LogP contribution in [0.2, 0.25) is 0 Å². The van der Waals surface area contributed by atoms with Gasteiger partial charge in [-0.05, 0) is 32.9 Å². The van der Waals surface area contributed by atoms with Crippen LogP contribution in [0.5, 0.6) is 0 Å². The summed E-state index contributed by atoms with van der Waals surface area (Å²) >= 11 is 0. The Morgan fingerprint density at radius 2 is 2.00 bits per heavy atom.